The molecule has 21 heavy (non-hydrogen) atoms. The number of hydrogen-bond donors (Lipinski definition) is 0. The molecule has 0 saturated carbocycles. The van der Waals surface area contributed by atoms with Crippen LogP contribution in [-0.4, -0.2) is 36.9 Å². The lowest BCUT2D eigenvalue weighted by Gasteiger charge is -2.21. The molecule has 114 valence electrons. The number of nitrogens with zero attached hydrogens (tertiary/aromatic N) is 2. The van der Waals surface area contributed by atoms with Gasteiger partial charge in [-0.05, 0) is 25.1 Å². The maximum absolute atomic E-state index is 12.2. The maximum atomic E-state index is 12.2. The van der Waals surface area contributed by atoms with Crippen LogP contribution in [-0.2, 0) is 14.4 Å². The van der Waals surface area contributed by atoms with E-state index in [1.54, 1.807) is 19.1 Å². The van der Waals surface area contributed by atoms with Crippen LogP contribution in [0.3, 0.4) is 0 Å². The molecule has 8 heteroatoms. The van der Waals surface area contributed by atoms with Crippen LogP contribution in [0.2, 0.25) is 10.0 Å². The lowest BCUT2D eigenvalue weighted by atomic mass is 10.2. The number of ether oxygens (including phenoxy) is 1. The lowest BCUT2D eigenvalue weighted by molar-refractivity contribution is -0.152. The molecular formula is C13H14Cl2N2O4. The Morgan fingerprint density at radius 2 is 2.14 bits per heavy atom. The van der Waals surface area contributed by atoms with Gasteiger partial charge in [-0.3, -0.25) is 9.69 Å². The first-order valence-corrected chi connectivity index (χ1v) is 7.04. The van der Waals surface area contributed by atoms with Crippen molar-refractivity contribution in [3.63, 3.8) is 0 Å². The Morgan fingerprint density at radius 1 is 1.43 bits per heavy atom. The van der Waals surface area contributed by atoms with E-state index in [9.17, 15) is 9.59 Å². The zero-order chi connectivity index (χ0) is 15.6. The average molecular weight is 333 g/mol. The molecule has 1 aliphatic rings. The molecule has 0 bridgehead atoms. The van der Waals surface area contributed by atoms with Crippen LogP contribution in [0.15, 0.2) is 18.2 Å². The summed E-state index contributed by atoms with van der Waals surface area (Å²) in [6, 6.07) is 4.30. The maximum Gasteiger partial charge on any atom is 0.350 e. The Balaban J connectivity index is 2.28. The Labute approximate surface area is 132 Å². The molecule has 0 spiro atoms. The monoisotopic (exact) mass is 332 g/mol. The van der Waals surface area contributed by atoms with Gasteiger partial charge in [0, 0.05) is 12.1 Å². The molecule has 1 atom stereocenters. The summed E-state index contributed by atoms with van der Waals surface area (Å²) >= 11 is 12.0. The zero-order valence-electron chi connectivity index (χ0n) is 11.5. The molecule has 2 amide bonds. The Hall–Kier alpha value is -1.50. The number of benzene rings is 1. The minimum atomic E-state index is -0.805. The van der Waals surface area contributed by atoms with E-state index in [0.717, 1.165) is 5.06 Å². The van der Waals surface area contributed by atoms with Gasteiger partial charge in [-0.15, -0.1) is 0 Å². The largest absolute Gasteiger partial charge is 0.466 e. The van der Waals surface area contributed by atoms with Gasteiger partial charge in [0.2, 0.25) is 0 Å². The van der Waals surface area contributed by atoms with Gasteiger partial charge in [0.1, 0.15) is 0 Å². The highest BCUT2D eigenvalue weighted by Gasteiger charge is 2.40. The van der Waals surface area contributed by atoms with E-state index in [1.807, 2.05) is 0 Å². The molecule has 1 aliphatic heterocycles. The predicted octanol–water partition coefficient (Wildman–Crippen LogP) is 3.08. The van der Waals surface area contributed by atoms with Crippen molar-refractivity contribution >= 4 is 40.9 Å². The van der Waals surface area contributed by atoms with Crippen molar-refractivity contribution in [2.45, 2.75) is 19.6 Å². The van der Waals surface area contributed by atoms with Crippen LogP contribution in [0, 0.1) is 0 Å². The molecule has 0 aliphatic carbocycles. The van der Waals surface area contributed by atoms with Gasteiger partial charge < -0.3 is 4.74 Å². The summed E-state index contributed by atoms with van der Waals surface area (Å²) in [6.07, 6.45) is -0.900. The van der Waals surface area contributed by atoms with Crippen molar-refractivity contribution in [2.24, 2.45) is 0 Å². The Bertz CT molecular complexity index is 567. The summed E-state index contributed by atoms with van der Waals surface area (Å²) in [7, 11) is 1.46. The van der Waals surface area contributed by atoms with Crippen LogP contribution in [0.5, 0.6) is 0 Å². The predicted molar refractivity (Wildman–Crippen MR) is 78.2 cm³/mol. The third-order valence-electron chi connectivity index (χ3n) is 2.86. The summed E-state index contributed by atoms with van der Waals surface area (Å²) < 4.78 is 4.88. The van der Waals surface area contributed by atoms with Crippen molar-refractivity contribution in [1.82, 2.24) is 5.06 Å². The standard InChI is InChI=1S/C13H14Cl2N2O4/c1-3-20-12(18)7-11-17(13(19)16(2)21-11)10-5-4-8(14)6-9(10)15/h4-6,11H,3,7H2,1-2H3/t11-/m1/s1. The number of carbonyl (C=O) groups is 2. The number of hydroxylamine groups is 2. The number of halogens is 2. The number of rotatable bonds is 4. The van der Waals surface area contributed by atoms with Gasteiger partial charge in [0.05, 0.1) is 23.7 Å². The smallest absolute Gasteiger partial charge is 0.350 e. The third kappa shape index (κ3) is 3.40. The van der Waals surface area contributed by atoms with Gasteiger partial charge in [0.15, 0.2) is 6.23 Å². The SMILES string of the molecule is CCOC(=O)C[C@H]1ON(C)C(=O)N1c1ccc(Cl)cc1Cl. The molecule has 2 rings (SSSR count). The van der Waals surface area contributed by atoms with Crippen molar-refractivity contribution in [3.05, 3.63) is 28.2 Å². The molecule has 1 heterocycles. The van der Waals surface area contributed by atoms with Gasteiger partial charge in [-0.1, -0.05) is 23.2 Å². The fraction of sp³-hybridized carbons (Fsp3) is 0.385. The van der Waals surface area contributed by atoms with Crippen LogP contribution in [0.4, 0.5) is 10.5 Å². The molecule has 0 radical (unpaired) electrons. The first-order valence-electron chi connectivity index (χ1n) is 6.28. The van der Waals surface area contributed by atoms with Gasteiger partial charge in [-0.25, -0.2) is 14.7 Å². The number of amides is 2. The van der Waals surface area contributed by atoms with Crippen LogP contribution >= 0.6 is 23.2 Å². The van der Waals surface area contributed by atoms with Crippen molar-refractivity contribution in [1.29, 1.82) is 0 Å². The van der Waals surface area contributed by atoms with Crippen molar-refractivity contribution in [3.8, 4) is 0 Å². The van der Waals surface area contributed by atoms with E-state index < -0.39 is 18.2 Å². The van der Waals surface area contributed by atoms with E-state index in [1.165, 1.54) is 18.0 Å². The first kappa shape index (κ1) is 15.9. The zero-order valence-corrected chi connectivity index (χ0v) is 13.0. The Morgan fingerprint density at radius 3 is 2.76 bits per heavy atom. The minimum absolute atomic E-state index is 0.0944. The molecule has 1 aromatic rings. The molecule has 1 aromatic carbocycles. The molecule has 1 saturated heterocycles. The fourth-order valence-electron chi connectivity index (χ4n) is 1.98. The highest BCUT2D eigenvalue weighted by Crippen LogP contribution is 2.34. The van der Waals surface area contributed by atoms with Crippen LogP contribution in [0.25, 0.3) is 0 Å². The van der Waals surface area contributed by atoms with E-state index >= 15 is 0 Å². The third-order valence-corrected chi connectivity index (χ3v) is 3.40. The first-order chi connectivity index (χ1) is 9.93. The average Bonchev–Trinajstić information content (AvgIpc) is 2.66. The molecule has 0 N–H and O–H groups in total. The number of esters is 1. The second-order valence-corrected chi connectivity index (χ2v) is 5.16. The van der Waals surface area contributed by atoms with E-state index in [2.05, 4.69) is 0 Å². The van der Waals surface area contributed by atoms with Gasteiger partial charge in [0.25, 0.3) is 0 Å². The van der Waals surface area contributed by atoms with Crippen LogP contribution < -0.4 is 4.90 Å². The van der Waals surface area contributed by atoms with Crippen molar-refractivity contribution in [2.75, 3.05) is 18.6 Å². The highest BCUT2D eigenvalue weighted by molar-refractivity contribution is 6.36. The second-order valence-electron chi connectivity index (χ2n) is 4.31. The number of carbonyl (C=O) groups excluding carboxylic acids is 2. The lowest BCUT2D eigenvalue weighted by Crippen LogP contribution is -2.36. The fourth-order valence-corrected chi connectivity index (χ4v) is 2.48. The number of anilines is 1. The molecule has 0 aromatic heterocycles. The van der Waals surface area contributed by atoms with E-state index in [-0.39, 0.29) is 13.0 Å². The molecule has 1 fully saturated rings. The number of hydrogen-bond acceptors (Lipinski definition) is 4. The summed E-state index contributed by atoms with van der Waals surface area (Å²) in [4.78, 5) is 30.5. The van der Waals surface area contributed by atoms with Gasteiger partial charge >= 0.3 is 12.0 Å². The highest BCUT2D eigenvalue weighted by atomic mass is 35.5. The van der Waals surface area contributed by atoms with Crippen molar-refractivity contribution < 1.29 is 19.2 Å². The summed E-state index contributed by atoms with van der Waals surface area (Å²) in [6.45, 7) is 1.97. The normalized spacial score (nSPS) is 18.3. The minimum Gasteiger partial charge on any atom is -0.466 e. The summed E-state index contributed by atoms with van der Waals surface area (Å²) in [5.41, 5.74) is 0.421. The summed E-state index contributed by atoms with van der Waals surface area (Å²) in [5.74, 6) is -0.458. The van der Waals surface area contributed by atoms with E-state index in [0.29, 0.717) is 15.7 Å². The Kier molecular flexibility index (Phi) is 4.92. The topological polar surface area (TPSA) is 59.1 Å². The van der Waals surface area contributed by atoms with Gasteiger partial charge in [-0.2, -0.15) is 0 Å². The molecule has 0 unspecified atom stereocenters. The molecular weight excluding hydrogens is 319 g/mol. The van der Waals surface area contributed by atoms with Crippen LogP contribution in [0.1, 0.15) is 13.3 Å². The number of urea groups is 1. The quantitative estimate of drug-likeness (QED) is 0.795. The second kappa shape index (κ2) is 6.51. The molecule has 6 nitrogen and oxygen atoms in total. The summed E-state index contributed by atoms with van der Waals surface area (Å²) in [5, 5.41) is 1.80. The van der Waals surface area contributed by atoms with E-state index in [4.69, 9.17) is 32.8 Å².